The first-order valence-corrected chi connectivity index (χ1v) is 22.8. The van der Waals surface area contributed by atoms with Crippen LogP contribution in [0.4, 0.5) is 0 Å². The molecule has 2 fully saturated rings. The Hall–Kier alpha value is -4.00. The van der Waals surface area contributed by atoms with Gasteiger partial charge in [-0.1, -0.05) is 168 Å². The predicted octanol–water partition coefficient (Wildman–Crippen LogP) is 10.6. The van der Waals surface area contributed by atoms with Crippen molar-refractivity contribution in [3.05, 3.63) is 94.7 Å². The first kappa shape index (κ1) is 77.5. The summed E-state index contributed by atoms with van der Waals surface area (Å²) in [6, 6.07) is 19.5. The number of aryl methyl sites for hydroxylation is 2. The van der Waals surface area contributed by atoms with E-state index in [4.69, 9.17) is 106 Å². The average molecular weight is 1400 g/mol. The number of nitrogens with one attached hydrogen (secondary N) is 4. The third kappa shape index (κ3) is 60.1. The second kappa shape index (κ2) is 52.8. The molecule has 70 heavy (non-hydrogen) atoms. The Morgan fingerprint density at radius 2 is 0.700 bits per heavy atom. The van der Waals surface area contributed by atoms with Crippen molar-refractivity contribution in [3.8, 4) is 0 Å². The van der Waals surface area contributed by atoms with Crippen molar-refractivity contribution < 1.29 is 121 Å². The molecule has 12 N–H and O–H groups in total. The van der Waals surface area contributed by atoms with E-state index in [1.54, 1.807) is 0 Å². The van der Waals surface area contributed by atoms with E-state index < -0.39 is 52.6 Å². The fourth-order valence-electron chi connectivity index (χ4n) is 5.32. The van der Waals surface area contributed by atoms with Crippen molar-refractivity contribution in [1.82, 2.24) is 0 Å². The van der Waals surface area contributed by atoms with Gasteiger partial charge in [-0.3, -0.25) is 14.4 Å². The van der Waals surface area contributed by atoms with E-state index in [9.17, 15) is 19.2 Å². The number of halogens is 2. The maximum atomic E-state index is 10.2. The summed E-state index contributed by atoms with van der Waals surface area (Å²) >= 11 is 9.56. The molecule has 0 radical (unpaired) electrons. The average Bonchev–Trinajstić information content (AvgIpc) is 3.27. The molecule has 2 aromatic rings. The van der Waals surface area contributed by atoms with Gasteiger partial charge in [-0.05, 0) is 43.2 Å². The van der Waals surface area contributed by atoms with Gasteiger partial charge >= 0.3 is 89.9 Å². The number of carboxylic acid groups (broad SMARTS) is 8. The molecule has 4 atom stereocenters. The van der Waals surface area contributed by atoms with Crippen molar-refractivity contribution >= 4 is 71.0 Å². The molecule has 0 heterocycles. The number of benzene rings is 2. The van der Waals surface area contributed by atoms with Crippen molar-refractivity contribution in [3.63, 3.8) is 0 Å². The maximum absolute atomic E-state index is 10.2. The second-order valence-electron chi connectivity index (χ2n) is 14.9. The van der Waals surface area contributed by atoms with Gasteiger partial charge in [0.1, 0.15) is 0 Å². The van der Waals surface area contributed by atoms with Gasteiger partial charge in [0.15, 0.2) is 0 Å². The predicted molar refractivity (Wildman–Crippen MR) is 258 cm³/mol. The van der Waals surface area contributed by atoms with Crippen LogP contribution in [0.2, 0.25) is 0 Å². The van der Waals surface area contributed by atoms with Gasteiger partial charge in [-0.15, -0.1) is 0 Å². The first-order valence-electron chi connectivity index (χ1n) is 21.9. The number of hydrogen-bond acceptors (Lipinski definition) is 8. The summed E-state index contributed by atoms with van der Waals surface area (Å²) in [5.41, 5.74) is 31.6. The van der Waals surface area contributed by atoms with Crippen LogP contribution < -0.4 is 0 Å². The van der Waals surface area contributed by atoms with Crippen molar-refractivity contribution in [1.29, 1.82) is 0 Å². The van der Waals surface area contributed by atoms with Crippen LogP contribution in [0, 0.1) is 0 Å². The van der Waals surface area contributed by atoms with E-state index in [0.717, 1.165) is 64.2 Å². The molecule has 0 saturated heterocycles. The zero-order valence-corrected chi connectivity index (χ0v) is 45.1. The molecular weight excluding hydrogens is 1330 g/mol. The van der Waals surface area contributed by atoms with Crippen LogP contribution in [0.1, 0.15) is 134 Å². The Morgan fingerprint density at radius 1 is 0.457 bits per heavy atom. The van der Waals surface area contributed by atoms with E-state index >= 15 is 0 Å². The first-order chi connectivity index (χ1) is 31.9. The van der Waals surface area contributed by atoms with Crippen molar-refractivity contribution in [2.75, 3.05) is 0 Å². The van der Waals surface area contributed by atoms with Gasteiger partial charge in [0.25, 0.3) is 0 Å². The molecule has 0 amide bonds. The Bertz CT molecular complexity index is 1530. The summed E-state index contributed by atoms with van der Waals surface area (Å²) < 4.78 is 0. The Labute approximate surface area is 448 Å². The Balaban J connectivity index is -0.000000169. The van der Waals surface area contributed by atoms with Gasteiger partial charge in [-0.2, -0.15) is 24.2 Å². The van der Waals surface area contributed by atoms with Crippen molar-refractivity contribution in [2.24, 2.45) is 0 Å². The number of rotatable bonds is 15. The third-order valence-corrected chi connectivity index (χ3v) is 9.35. The van der Waals surface area contributed by atoms with Crippen LogP contribution in [0.3, 0.4) is 0 Å². The van der Waals surface area contributed by atoms with Crippen LogP contribution in [0.5, 0.6) is 0 Å². The van der Waals surface area contributed by atoms with Gasteiger partial charge in [0.2, 0.25) is 4.84 Å². The van der Waals surface area contributed by atoms with Crippen LogP contribution in [0.25, 0.3) is 22.9 Å². The van der Waals surface area contributed by atoms with Crippen LogP contribution in [0.15, 0.2) is 60.7 Å². The quantitative estimate of drug-likeness (QED) is 0.0466. The Morgan fingerprint density at radius 3 is 0.900 bits per heavy atom. The minimum atomic E-state index is -1.82. The molecule has 24 heteroatoms. The third-order valence-electron chi connectivity index (χ3n) is 8.98. The van der Waals surface area contributed by atoms with Gasteiger partial charge in [0.05, 0.1) is 0 Å². The standard InChI is InChI=1S/2C10H12O2.C8H16O2.2C6H12N2.C2H2Cl2O2.2C2H2O4.2Pt/c2*11-10(12)8-4-7-9-5-2-1-3-6-9;1-2-3-4-5-6-7-8(9)10;2*7-5-3-1-2-4-6(5)8;3*3-1(4)2(5)6;;/h2*1-3,5-6H,4,7-8H2,(H,11,12);2-7H2,1H3,(H,9,10);2*5-8H,1-4H2;1H,(H,5,6);2*(H,3,4)(H,5,6);;/q;;;2*-2;;;;2*+2. The minimum Gasteiger partial charge on any atom is -0.676 e. The summed E-state index contributed by atoms with van der Waals surface area (Å²) in [7, 11) is 0. The van der Waals surface area contributed by atoms with E-state index in [2.05, 4.69) is 6.92 Å². The summed E-state index contributed by atoms with van der Waals surface area (Å²) in [5.74, 6) is -10.6. The summed E-state index contributed by atoms with van der Waals surface area (Å²) in [6.07, 6.45) is 18.0. The summed E-state index contributed by atoms with van der Waals surface area (Å²) in [5, 5.41) is 62.3. The normalized spacial score (nSPS) is 15.8. The molecule has 20 nitrogen and oxygen atoms in total. The maximum Gasteiger partial charge on any atom is 2.00 e. The van der Waals surface area contributed by atoms with Gasteiger partial charge < -0.3 is 63.8 Å². The monoisotopic (exact) mass is 1390 g/mol. The molecule has 0 aliphatic heterocycles. The topological polar surface area (TPSA) is 394 Å². The van der Waals surface area contributed by atoms with E-state index in [-0.39, 0.29) is 79.1 Å². The number of carboxylic acids is 8. The molecule has 404 valence electrons. The van der Waals surface area contributed by atoms with Crippen LogP contribution in [-0.4, -0.2) is 118 Å². The number of carbonyl (C=O) groups is 8. The number of aliphatic carboxylic acids is 8. The Kier molecular flexibility index (Phi) is 58.4. The van der Waals surface area contributed by atoms with E-state index in [0.29, 0.717) is 6.42 Å². The molecule has 2 aliphatic carbocycles. The molecule has 0 spiro atoms. The largest absolute Gasteiger partial charge is 2.00 e. The SMILES string of the molecule is CCCCCCCC(=O)O.O=C(O)C(=O)O.O=C(O)C(=O)O.O=C(O)C(Cl)Cl.O=C(O)CCCc1ccccc1.O=C(O)CCCc1ccccc1.[NH-]C1CCCCC1[NH-].[NH-]C1CCCCC1[NH-].[Pt+2].[Pt+2]. The van der Waals surface area contributed by atoms with Gasteiger partial charge in [-0.25, -0.2) is 24.0 Å². The van der Waals surface area contributed by atoms with E-state index in [1.165, 1.54) is 56.1 Å². The number of unbranched alkanes of at least 4 members (excludes halogenated alkanes) is 4. The van der Waals surface area contributed by atoms with Crippen molar-refractivity contribution in [2.45, 2.75) is 164 Å². The zero-order valence-electron chi connectivity index (χ0n) is 39.0. The summed E-state index contributed by atoms with van der Waals surface area (Å²) in [6.45, 7) is 2.15. The molecule has 4 unspecified atom stereocenters. The molecule has 2 saturated carbocycles. The smallest absolute Gasteiger partial charge is 0.676 e. The fraction of sp³-hybridized carbons (Fsp3) is 0.565. The van der Waals surface area contributed by atoms with Crippen LogP contribution in [-0.2, 0) is 93.3 Å². The molecule has 2 aromatic carbocycles. The molecular formula is C46H70Cl2N4O16Pt2. The van der Waals surface area contributed by atoms with Crippen LogP contribution >= 0.6 is 23.2 Å². The van der Waals surface area contributed by atoms with E-state index in [1.807, 2.05) is 60.7 Å². The second-order valence-corrected chi connectivity index (χ2v) is 16.0. The number of alkyl halides is 2. The fourth-order valence-corrected chi connectivity index (χ4v) is 5.32. The number of hydrogen-bond donors (Lipinski definition) is 8. The van der Waals surface area contributed by atoms with Gasteiger partial charge in [0, 0.05) is 19.3 Å². The molecule has 0 bridgehead atoms. The minimum absolute atomic E-state index is 0. The molecule has 4 rings (SSSR count). The molecule has 0 aromatic heterocycles. The summed E-state index contributed by atoms with van der Waals surface area (Å²) in [4.78, 5) is 75.0. The zero-order chi connectivity index (χ0) is 52.9. The molecule has 2 aliphatic rings.